The van der Waals surface area contributed by atoms with E-state index in [1.165, 1.54) is 22.7 Å². The van der Waals surface area contributed by atoms with Crippen LogP contribution in [0.1, 0.15) is 22.3 Å². The molecule has 0 radical (unpaired) electrons. The van der Waals surface area contributed by atoms with Gasteiger partial charge >= 0.3 is 5.97 Å². The lowest BCUT2D eigenvalue weighted by atomic mass is 9.97. The van der Waals surface area contributed by atoms with E-state index < -0.39 is 5.97 Å². The van der Waals surface area contributed by atoms with Crippen LogP contribution in [0.3, 0.4) is 0 Å². The predicted octanol–water partition coefficient (Wildman–Crippen LogP) is 10.6. The van der Waals surface area contributed by atoms with Gasteiger partial charge in [-0.3, -0.25) is 14.5 Å². The Kier molecular flexibility index (Phi) is 17.6. The first-order chi connectivity index (χ1) is 30.1. The van der Waals surface area contributed by atoms with E-state index in [4.69, 9.17) is 34.0 Å². The van der Waals surface area contributed by atoms with Crippen LogP contribution in [0.5, 0.6) is 0 Å². The van der Waals surface area contributed by atoms with Crippen molar-refractivity contribution >= 4 is 102 Å². The van der Waals surface area contributed by atoms with Crippen LogP contribution < -0.4 is 11.1 Å². The molecule has 4 aromatic heterocycles. The van der Waals surface area contributed by atoms with Crippen LogP contribution in [0.4, 0.5) is 20.4 Å². The van der Waals surface area contributed by atoms with E-state index >= 15 is 8.78 Å². The lowest BCUT2D eigenvalue weighted by Crippen LogP contribution is -2.27. The second kappa shape index (κ2) is 22.8. The molecule has 0 spiro atoms. The largest absolute Gasteiger partial charge is 0.480 e. The van der Waals surface area contributed by atoms with Crippen LogP contribution >= 0.6 is 58.3 Å². The number of nitrogens with zero attached hydrogens (tertiary/aromatic N) is 6. The van der Waals surface area contributed by atoms with E-state index in [1.807, 2.05) is 56.6 Å². The van der Waals surface area contributed by atoms with Gasteiger partial charge in [0.1, 0.15) is 23.3 Å². The molecule has 0 aliphatic heterocycles. The topological polar surface area (TPSA) is 150 Å². The number of carbonyl (C=O) groups is 2. The summed E-state index contributed by atoms with van der Waals surface area (Å²) in [5.74, 6) is -0.611. The van der Waals surface area contributed by atoms with Crippen molar-refractivity contribution in [3.8, 4) is 22.3 Å². The Hall–Kier alpha value is -5.65. The highest BCUT2D eigenvalue weighted by molar-refractivity contribution is 7.17. The lowest BCUT2D eigenvalue weighted by Gasteiger charge is -2.12. The summed E-state index contributed by atoms with van der Waals surface area (Å²) < 4.78 is 32.8. The number of amides is 1. The number of carbonyl (C=O) groups excluding carboxylic acids is 1. The van der Waals surface area contributed by atoms with Gasteiger partial charge in [-0.05, 0) is 110 Å². The standard InChI is InChI=1S/C23H20ClFN4OS.C19H13ClFN3S.C4H9NO2.ClH/c1-29(2)12-20(30)28-19-7-6-14(11-26-19)8-16-10-18-23(27-13-31-18)21(22(16)25)15-4-3-5-17(24)9-15;20-14-3-1-2-12(7-14)17-18(21)13(8-15-19(17)24-10-25-15)6-11-4-5-16(22)23-9-11;1-5(2)3-4(6)7;/h3-7,9-11,13H,8,12H2,1-2H3,(H,26,28,30);1-5,7-10H,6H2,(H2,22,23);3H2,1-2H3,(H,6,7);1H. The summed E-state index contributed by atoms with van der Waals surface area (Å²) >= 11 is 15.2. The normalized spacial score (nSPS) is 10.8. The number of benzene rings is 4. The summed E-state index contributed by atoms with van der Waals surface area (Å²) in [5.41, 5.74) is 15.6. The molecule has 0 saturated heterocycles. The van der Waals surface area contributed by atoms with E-state index in [-0.39, 0.29) is 43.0 Å². The third kappa shape index (κ3) is 13.2. The number of likely N-dealkylation sites (N-methyl/N-ethyl adjacent to an activating group) is 2. The number of halogens is 5. The van der Waals surface area contributed by atoms with Crippen molar-refractivity contribution in [1.82, 2.24) is 29.7 Å². The summed E-state index contributed by atoms with van der Waals surface area (Å²) in [5, 5.41) is 11.9. The Labute approximate surface area is 393 Å². The number of carboxylic acids is 1. The maximum absolute atomic E-state index is 15.6. The van der Waals surface area contributed by atoms with Gasteiger partial charge in [0.25, 0.3) is 0 Å². The molecule has 0 fully saturated rings. The molecule has 0 bridgehead atoms. The maximum atomic E-state index is 15.6. The maximum Gasteiger partial charge on any atom is 0.317 e. The predicted molar refractivity (Wildman–Crippen MR) is 259 cm³/mol. The summed E-state index contributed by atoms with van der Waals surface area (Å²) in [7, 11) is 7.08. The molecular formula is C46H43Cl3F2N8O3S2. The smallest absolute Gasteiger partial charge is 0.317 e. The first-order valence-electron chi connectivity index (χ1n) is 19.2. The Balaban J connectivity index is 0.000000210. The minimum absolute atomic E-state index is 0. The van der Waals surface area contributed by atoms with Crippen molar-refractivity contribution in [1.29, 1.82) is 0 Å². The second-order valence-electron chi connectivity index (χ2n) is 14.8. The number of fused-ring (bicyclic) bond motifs is 2. The first kappa shape index (κ1) is 49.4. The highest BCUT2D eigenvalue weighted by Gasteiger charge is 2.20. The summed E-state index contributed by atoms with van der Waals surface area (Å²) in [4.78, 5) is 42.1. The molecule has 4 aromatic carbocycles. The van der Waals surface area contributed by atoms with Gasteiger partial charge in [0, 0.05) is 46.4 Å². The Morgan fingerprint density at radius 3 is 1.56 bits per heavy atom. The van der Waals surface area contributed by atoms with Crippen LogP contribution in [0.2, 0.25) is 10.0 Å². The molecule has 64 heavy (non-hydrogen) atoms. The molecule has 18 heteroatoms. The summed E-state index contributed by atoms with van der Waals surface area (Å²) in [6, 6.07) is 25.2. The summed E-state index contributed by atoms with van der Waals surface area (Å²) in [6.07, 6.45) is 4.12. The van der Waals surface area contributed by atoms with Crippen molar-refractivity contribution < 1.29 is 23.5 Å². The third-order valence-corrected chi connectivity index (χ3v) is 11.2. The highest BCUT2D eigenvalue weighted by atomic mass is 35.5. The zero-order valence-corrected chi connectivity index (χ0v) is 38.9. The second-order valence-corrected chi connectivity index (χ2v) is 17.4. The molecule has 332 valence electrons. The number of anilines is 2. The zero-order valence-electron chi connectivity index (χ0n) is 35.0. The van der Waals surface area contributed by atoms with E-state index in [0.29, 0.717) is 73.4 Å². The minimum Gasteiger partial charge on any atom is -0.480 e. The lowest BCUT2D eigenvalue weighted by molar-refractivity contribution is -0.137. The molecule has 1 amide bonds. The third-order valence-electron chi connectivity index (χ3n) is 9.14. The van der Waals surface area contributed by atoms with Gasteiger partial charge in [0.15, 0.2) is 0 Å². The molecule has 0 aliphatic carbocycles. The fourth-order valence-corrected chi connectivity index (χ4v) is 8.34. The van der Waals surface area contributed by atoms with Crippen LogP contribution in [0.25, 0.3) is 42.7 Å². The van der Waals surface area contributed by atoms with Gasteiger partial charge in [-0.25, -0.2) is 28.7 Å². The zero-order chi connectivity index (χ0) is 45.2. The Morgan fingerprint density at radius 2 is 1.17 bits per heavy atom. The van der Waals surface area contributed by atoms with E-state index in [2.05, 4.69) is 25.3 Å². The molecule has 0 atom stereocenters. The molecule has 8 aromatic rings. The SMILES string of the molecule is CN(C)CC(=O)Nc1ccc(Cc2cc3scnc3c(-c3cccc(Cl)c3)c2F)cn1.CN(C)CC(=O)O.Cl.Nc1ccc(Cc2cc3scnc3c(-c3cccc(Cl)c3)c2F)cn1. The van der Waals surface area contributed by atoms with Gasteiger partial charge in [-0.1, -0.05) is 59.6 Å². The van der Waals surface area contributed by atoms with E-state index in [9.17, 15) is 9.59 Å². The molecule has 0 saturated carbocycles. The number of nitrogen functional groups attached to an aromatic ring is 1. The van der Waals surface area contributed by atoms with Crippen molar-refractivity contribution in [3.63, 3.8) is 0 Å². The van der Waals surface area contributed by atoms with Gasteiger partial charge in [-0.2, -0.15) is 0 Å². The van der Waals surface area contributed by atoms with Crippen molar-refractivity contribution in [2.75, 3.05) is 52.3 Å². The van der Waals surface area contributed by atoms with Gasteiger partial charge in [0.2, 0.25) is 5.91 Å². The van der Waals surface area contributed by atoms with Gasteiger partial charge in [0.05, 0.1) is 44.5 Å². The van der Waals surface area contributed by atoms with Crippen LogP contribution in [0.15, 0.2) is 108 Å². The van der Waals surface area contributed by atoms with Crippen LogP contribution in [-0.2, 0) is 22.4 Å². The Morgan fingerprint density at radius 1 is 0.688 bits per heavy atom. The fourth-order valence-electron chi connectivity index (χ4n) is 6.46. The number of thiazole rings is 2. The molecule has 4 N–H and O–H groups in total. The molecule has 0 aliphatic rings. The number of nitrogens with two attached hydrogens (primary N) is 1. The number of nitrogens with one attached hydrogen (secondary N) is 1. The van der Waals surface area contributed by atoms with Crippen molar-refractivity contribution in [3.05, 3.63) is 152 Å². The molecule has 11 nitrogen and oxygen atoms in total. The molecular weight excluding hydrogens is 921 g/mol. The fraction of sp³-hybridized carbons (Fsp3) is 0.174. The number of carboxylic acid groups (broad SMARTS) is 1. The number of aliphatic carboxylic acids is 1. The monoisotopic (exact) mass is 962 g/mol. The van der Waals surface area contributed by atoms with Crippen LogP contribution in [-0.4, -0.2) is 88.0 Å². The number of pyridine rings is 2. The van der Waals surface area contributed by atoms with E-state index in [0.717, 1.165) is 26.1 Å². The van der Waals surface area contributed by atoms with Crippen molar-refractivity contribution in [2.24, 2.45) is 0 Å². The molecule has 4 heterocycles. The first-order valence-corrected chi connectivity index (χ1v) is 21.7. The number of rotatable bonds is 11. The van der Waals surface area contributed by atoms with Crippen LogP contribution in [0, 0.1) is 11.6 Å². The minimum atomic E-state index is -0.787. The molecule has 0 unspecified atom stereocenters. The highest BCUT2D eigenvalue weighted by Crippen LogP contribution is 2.38. The Bertz CT molecular complexity index is 2860. The quantitative estimate of drug-likeness (QED) is 0.114. The number of aromatic nitrogens is 4. The van der Waals surface area contributed by atoms with Gasteiger partial charge in [-0.15, -0.1) is 35.1 Å². The average molecular weight is 964 g/mol. The van der Waals surface area contributed by atoms with Crippen molar-refractivity contribution in [2.45, 2.75) is 12.8 Å². The van der Waals surface area contributed by atoms with E-state index in [1.54, 1.807) is 89.8 Å². The molecule has 8 rings (SSSR count). The van der Waals surface area contributed by atoms with Gasteiger partial charge < -0.3 is 21.1 Å². The average Bonchev–Trinajstić information content (AvgIpc) is 3.89. The summed E-state index contributed by atoms with van der Waals surface area (Å²) in [6.45, 7) is 0.385. The number of hydrogen-bond donors (Lipinski definition) is 3. The number of hydrogen-bond acceptors (Lipinski definition) is 11.